The maximum absolute atomic E-state index is 11.9. The van der Waals surface area contributed by atoms with Gasteiger partial charge in [-0.05, 0) is 37.8 Å². The van der Waals surface area contributed by atoms with Crippen LogP contribution in [0.15, 0.2) is 12.1 Å². The Morgan fingerprint density at radius 3 is 2.88 bits per heavy atom. The molecule has 0 bridgehead atoms. The molecular weight excluding hydrogens is 224 g/mol. The van der Waals surface area contributed by atoms with Crippen molar-refractivity contribution >= 4 is 17.5 Å². The second kappa shape index (κ2) is 4.83. The number of carbonyl (C=O) groups is 1. The molecule has 0 spiro atoms. The van der Waals surface area contributed by atoms with Crippen molar-refractivity contribution in [2.45, 2.75) is 38.6 Å². The molecular formula is C12H15ClN2O. The SMILES string of the molecule is CCc1cc(C(=O)NC2CCC2)cc(Cl)n1. The van der Waals surface area contributed by atoms with Crippen molar-refractivity contribution in [1.29, 1.82) is 0 Å². The highest BCUT2D eigenvalue weighted by Gasteiger charge is 2.20. The van der Waals surface area contributed by atoms with Gasteiger partial charge in [-0.3, -0.25) is 4.79 Å². The van der Waals surface area contributed by atoms with Gasteiger partial charge < -0.3 is 5.32 Å². The molecule has 1 aromatic rings. The van der Waals surface area contributed by atoms with Crippen LogP contribution in [-0.2, 0) is 6.42 Å². The molecule has 1 amide bonds. The third kappa shape index (κ3) is 2.53. The topological polar surface area (TPSA) is 42.0 Å². The normalized spacial score (nSPS) is 15.6. The monoisotopic (exact) mass is 238 g/mol. The third-order valence-electron chi connectivity index (χ3n) is 2.91. The molecule has 16 heavy (non-hydrogen) atoms. The second-order valence-corrected chi connectivity index (χ2v) is 4.51. The molecule has 3 nitrogen and oxygen atoms in total. The molecule has 0 aromatic carbocycles. The van der Waals surface area contributed by atoms with Crippen LogP contribution in [0.4, 0.5) is 0 Å². The Bertz CT molecular complexity index is 402. The van der Waals surface area contributed by atoms with E-state index in [4.69, 9.17) is 11.6 Å². The zero-order valence-corrected chi connectivity index (χ0v) is 10.0. The number of carbonyl (C=O) groups excluding carboxylic acids is 1. The molecule has 0 atom stereocenters. The molecule has 1 heterocycles. The number of nitrogens with one attached hydrogen (secondary N) is 1. The summed E-state index contributed by atoms with van der Waals surface area (Å²) >= 11 is 5.87. The van der Waals surface area contributed by atoms with Crippen molar-refractivity contribution in [3.8, 4) is 0 Å². The summed E-state index contributed by atoms with van der Waals surface area (Å²) in [7, 11) is 0. The molecule has 1 aromatic heterocycles. The molecule has 1 saturated carbocycles. The van der Waals surface area contributed by atoms with Gasteiger partial charge in [-0.25, -0.2) is 4.98 Å². The van der Waals surface area contributed by atoms with Gasteiger partial charge in [0.2, 0.25) is 0 Å². The highest BCUT2D eigenvalue weighted by Crippen LogP contribution is 2.19. The first-order valence-corrected chi connectivity index (χ1v) is 6.04. The van der Waals surface area contributed by atoms with Crippen LogP contribution in [0, 0.1) is 0 Å². The van der Waals surface area contributed by atoms with Crippen LogP contribution in [0.2, 0.25) is 5.15 Å². The van der Waals surface area contributed by atoms with Crippen LogP contribution >= 0.6 is 11.6 Å². The zero-order valence-electron chi connectivity index (χ0n) is 9.29. The predicted molar refractivity (Wildman–Crippen MR) is 63.7 cm³/mol. The lowest BCUT2D eigenvalue weighted by molar-refractivity contribution is 0.0916. The van der Waals surface area contributed by atoms with E-state index in [1.807, 2.05) is 6.92 Å². The molecule has 1 N–H and O–H groups in total. The molecule has 0 unspecified atom stereocenters. The Hall–Kier alpha value is -1.09. The van der Waals surface area contributed by atoms with Gasteiger partial charge in [-0.1, -0.05) is 18.5 Å². The maximum atomic E-state index is 11.9. The van der Waals surface area contributed by atoms with Crippen LogP contribution in [-0.4, -0.2) is 16.9 Å². The molecule has 4 heteroatoms. The minimum atomic E-state index is -0.0382. The van der Waals surface area contributed by atoms with E-state index in [2.05, 4.69) is 10.3 Å². The largest absolute Gasteiger partial charge is 0.349 e. The van der Waals surface area contributed by atoms with Crippen molar-refractivity contribution in [3.63, 3.8) is 0 Å². The number of aryl methyl sites for hydroxylation is 1. The van der Waals surface area contributed by atoms with Gasteiger partial charge in [0.25, 0.3) is 5.91 Å². The van der Waals surface area contributed by atoms with E-state index in [1.165, 1.54) is 6.42 Å². The van der Waals surface area contributed by atoms with Crippen molar-refractivity contribution in [2.75, 3.05) is 0 Å². The van der Waals surface area contributed by atoms with E-state index >= 15 is 0 Å². The van der Waals surface area contributed by atoms with E-state index in [0.29, 0.717) is 16.8 Å². The summed E-state index contributed by atoms with van der Waals surface area (Å²) in [5.74, 6) is -0.0382. The van der Waals surface area contributed by atoms with Crippen molar-refractivity contribution in [3.05, 3.63) is 28.5 Å². The highest BCUT2D eigenvalue weighted by atomic mass is 35.5. The molecule has 86 valence electrons. The quantitative estimate of drug-likeness (QED) is 0.823. The molecule has 0 aliphatic heterocycles. The lowest BCUT2D eigenvalue weighted by Crippen LogP contribution is -2.39. The lowest BCUT2D eigenvalue weighted by atomic mass is 9.93. The van der Waals surface area contributed by atoms with Gasteiger partial charge in [0, 0.05) is 17.3 Å². The number of hydrogen-bond donors (Lipinski definition) is 1. The van der Waals surface area contributed by atoms with E-state index in [9.17, 15) is 4.79 Å². The highest BCUT2D eigenvalue weighted by molar-refractivity contribution is 6.29. The second-order valence-electron chi connectivity index (χ2n) is 4.12. The average molecular weight is 239 g/mol. The summed E-state index contributed by atoms with van der Waals surface area (Å²) in [6.07, 6.45) is 4.17. The molecule has 0 saturated heterocycles. The Balaban J connectivity index is 2.11. The number of pyridine rings is 1. The Kier molecular flexibility index (Phi) is 3.44. The van der Waals surface area contributed by atoms with Crippen molar-refractivity contribution < 1.29 is 4.79 Å². The summed E-state index contributed by atoms with van der Waals surface area (Å²) in [6.45, 7) is 1.99. The summed E-state index contributed by atoms with van der Waals surface area (Å²) in [5.41, 5.74) is 1.47. The average Bonchev–Trinajstić information content (AvgIpc) is 2.22. The van der Waals surface area contributed by atoms with Gasteiger partial charge >= 0.3 is 0 Å². The van der Waals surface area contributed by atoms with Crippen LogP contribution in [0.5, 0.6) is 0 Å². The molecule has 1 aliphatic rings. The van der Waals surface area contributed by atoms with Crippen LogP contribution in [0.25, 0.3) is 0 Å². The van der Waals surface area contributed by atoms with Gasteiger partial charge in [0.15, 0.2) is 0 Å². The van der Waals surface area contributed by atoms with Crippen LogP contribution in [0.1, 0.15) is 42.2 Å². The van der Waals surface area contributed by atoms with Gasteiger partial charge in [-0.2, -0.15) is 0 Å². The summed E-state index contributed by atoms with van der Waals surface area (Å²) < 4.78 is 0. The van der Waals surface area contributed by atoms with Gasteiger partial charge in [0.1, 0.15) is 5.15 Å². The first-order chi connectivity index (χ1) is 7.69. The smallest absolute Gasteiger partial charge is 0.251 e. The predicted octanol–water partition coefficient (Wildman–Crippen LogP) is 2.58. The number of amides is 1. The van der Waals surface area contributed by atoms with E-state index < -0.39 is 0 Å². The van der Waals surface area contributed by atoms with E-state index in [0.717, 1.165) is 25.0 Å². The summed E-state index contributed by atoms with van der Waals surface area (Å²) in [5, 5.41) is 3.37. The van der Waals surface area contributed by atoms with Crippen LogP contribution < -0.4 is 5.32 Å². The van der Waals surface area contributed by atoms with Gasteiger partial charge in [0.05, 0.1) is 0 Å². The fourth-order valence-electron chi connectivity index (χ4n) is 1.68. The van der Waals surface area contributed by atoms with E-state index in [-0.39, 0.29) is 5.91 Å². The fourth-order valence-corrected chi connectivity index (χ4v) is 1.91. The first kappa shape index (κ1) is 11.4. The molecule has 1 aliphatic carbocycles. The first-order valence-electron chi connectivity index (χ1n) is 5.66. The standard InChI is InChI=1S/C12H15ClN2O/c1-2-9-6-8(7-11(13)14-9)12(16)15-10-4-3-5-10/h6-7,10H,2-5H2,1H3,(H,15,16). The number of nitrogens with zero attached hydrogens (tertiary/aromatic N) is 1. The zero-order chi connectivity index (χ0) is 11.5. The minimum absolute atomic E-state index is 0.0382. The Morgan fingerprint density at radius 2 is 2.31 bits per heavy atom. The number of rotatable bonds is 3. The summed E-state index contributed by atoms with van der Waals surface area (Å²) in [4.78, 5) is 16.0. The molecule has 0 radical (unpaired) electrons. The number of hydrogen-bond acceptors (Lipinski definition) is 2. The van der Waals surface area contributed by atoms with Crippen LogP contribution in [0.3, 0.4) is 0 Å². The summed E-state index contributed by atoms with van der Waals surface area (Å²) in [6, 6.07) is 3.78. The maximum Gasteiger partial charge on any atom is 0.251 e. The Labute approximate surface area is 100 Å². The lowest BCUT2D eigenvalue weighted by Gasteiger charge is -2.26. The minimum Gasteiger partial charge on any atom is -0.349 e. The molecule has 1 fully saturated rings. The van der Waals surface area contributed by atoms with E-state index in [1.54, 1.807) is 12.1 Å². The number of aromatic nitrogens is 1. The molecule has 2 rings (SSSR count). The van der Waals surface area contributed by atoms with Crippen molar-refractivity contribution in [2.24, 2.45) is 0 Å². The third-order valence-corrected chi connectivity index (χ3v) is 3.11. The Morgan fingerprint density at radius 1 is 1.56 bits per heavy atom. The van der Waals surface area contributed by atoms with Crippen molar-refractivity contribution in [1.82, 2.24) is 10.3 Å². The number of halogens is 1. The fraction of sp³-hybridized carbons (Fsp3) is 0.500. The van der Waals surface area contributed by atoms with Gasteiger partial charge in [-0.15, -0.1) is 0 Å².